The first-order valence-corrected chi connectivity index (χ1v) is 6.06. The third-order valence-electron chi connectivity index (χ3n) is 3.64. The van der Waals surface area contributed by atoms with E-state index in [4.69, 9.17) is 5.26 Å². The van der Waals surface area contributed by atoms with Crippen LogP contribution in [0.1, 0.15) is 33.1 Å². The monoisotopic (exact) mass is 223 g/mol. The summed E-state index contributed by atoms with van der Waals surface area (Å²) in [6.45, 7) is 4.90. The molecule has 1 rings (SSSR count). The van der Waals surface area contributed by atoms with Gasteiger partial charge in [-0.25, -0.2) is 0 Å². The zero-order valence-electron chi connectivity index (χ0n) is 10.1. The highest BCUT2D eigenvalue weighted by Crippen LogP contribution is 2.33. The van der Waals surface area contributed by atoms with Crippen LogP contribution < -0.4 is 10.6 Å². The summed E-state index contributed by atoms with van der Waals surface area (Å²) >= 11 is 0. The number of rotatable bonds is 5. The van der Waals surface area contributed by atoms with Crippen LogP contribution in [0.15, 0.2) is 0 Å². The van der Waals surface area contributed by atoms with Crippen LogP contribution in [-0.4, -0.2) is 25.0 Å². The first-order chi connectivity index (χ1) is 7.69. The second-order valence-corrected chi connectivity index (χ2v) is 4.53. The number of carbonyl (C=O) groups is 1. The average Bonchev–Trinajstić information content (AvgIpc) is 2.64. The molecule has 0 heterocycles. The largest absolute Gasteiger partial charge is 0.342 e. The number of hydrogen-bond acceptors (Lipinski definition) is 3. The molecule has 90 valence electrons. The smallest absolute Gasteiger partial charge is 0.234 e. The molecule has 0 aliphatic heterocycles. The summed E-state index contributed by atoms with van der Waals surface area (Å²) < 4.78 is 0. The fraction of sp³-hybridized carbons (Fsp3) is 0.833. The Kier molecular flexibility index (Phi) is 5.27. The second kappa shape index (κ2) is 6.49. The van der Waals surface area contributed by atoms with E-state index >= 15 is 0 Å². The molecule has 0 radical (unpaired) electrons. The number of nitrogens with zero attached hydrogens (tertiary/aromatic N) is 1. The molecule has 4 nitrogen and oxygen atoms in total. The Balaban J connectivity index is 2.24. The molecule has 0 spiro atoms. The number of carbonyl (C=O) groups excluding carboxylic acids is 1. The third-order valence-corrected chi connectivity index (χ3v) is 3.64. The zero-order valence-corrected chi connectivity index (χ0v) is 10.1. The van der Waals surface area contributed by atoms with Crippen molar-refractivity contribution in [2.24, 2.45) is 11.8 Å². The van der Waals surface area contributed by atoms with Crippen LogP contribution in [0.2, 0.25) is 0 Å². The lowest BCUT2D eigenvalue weighted by Crippen LogP contribution is -2.40. The minimum atomic E-state index is -0.0892. The van der Waals surface area contributed by atoms with Crippen LogP contribution >= 0.6 is 0 Å². The highest BCUT2D eigenvalue weighted by atomic mass is 16.1. The predicted molar refractivity (Wildman–Crippen MR) is 62.6 cm³/mol. The molecule has 1 saturated carbocycles. The first kappa shape index (κ1) is 13.0. The van der Waals surface area contributed by atoms with Gasteiger partial charge in [-0.3, -0.25) is 4.79 Å². The topological polar surface area (TPSA) is 64.9 Å². The molecule has 1 aliphatic rings. The molecule has 1 amide bonds. The van der Waals surface area contributed by atoms with Gasteiger partial charge < -0.3 is 10.6 Å². The van der Waals surface area contributed by atoms with E-state index in [9.17, 15) is 4.79 Å². The van der Waals surface area contributed by atoms with Crippen molar-refractivity contribution < 1.29 is 4.79 Å². The molecule has 1 aliphatic carbocycles. The van der Waals surface area contributed by atoms with Crippen molar-refractivity contribution >= 4 is 5.91 Å². The maximum Gasteiger partial charge on any atom is 0.234 e. The van der Waals surface area contributed by atoms with E-state index in [2.05, 4.69) is 24.5 Å². The fourth-order valence-electron chi connectivity index (χ4n) is 2.54. The summed E-state index contributed by atoms with van der Waals surface area (Å²) in [7, 11) is 0. The molecule has 0 bridgehead atoms. The normalized spacial score (nSPS) is 28.7. The third kappa shape index (κ3) is 3.49. The van der Waals surface area contributed by atoms with Crippen molar-refractivity contribution in [3.8, 4) is 6.07 Å². The highest BCUT2D eigenvalue weighted by molar-refractivity contribution is 5.78. The minimum absolute atomic E-state index is 0.0892. The van der Waals surface area contributed by atoms with Gasteiger partial charge in [-0.1, -0.05) is 20.3 Å². The Labute approximate surface area is 97.4 Å². The average molecular weight is 223 g/mol. The Morgan fingerprint density at radius 3 is 2.81 bits per heavy atom. The van der Waals surface area contributed by atoms with Crippen LogP contribution in [0.3, 0.4) is 0 Å². The van der Waals surface area contributed by atoms with Crippen LogP contribution in [0, 0.1) is 23.2 Å². The lowest BCUT2D eigenvalue weighted by atomic mass is 9.93. The SMILES string of the molecule is CCC1CCC(NCC(=O)NCC#N)C1C. The minimum Gasteiger partial charge on any atom is -0.342 e. The van der Waals surface area contributed by atoms with Gasteiger partial charge in [-0.15, -0.1) is 0 Å². The van der Waals surface area contributed by atoms with E-state index in [-0.39, 0.29) is 12.5 Å². The van der Waals surface area contributed by atoms with Gasteiger partial charge in [0.2, 0.25) is 5.91 Å². The van der Waals surface area contributed by atoms with Gasteiger partial charge in [0, 0.05) is 6.04 Å². The number of hydrogen-bond donors (Lipinski definition) is 2. The summed E-state index contributed by atoms with van der Waals surface area (Å²) in [4.78, 5) is 11.3. The molecule has 0 aromatic rings. The first-order valence-electron chi connectivity index (χ1n) is 6.06. The maximum absolute atomic E-state index is 11.3. The zero-order chi connectivity index (χ0) is 12.0. The van der Waals surface area contributed by atoms with Gasteiger partial charge in [0.1, 0.15) is 6.54 Å². The van der Waals surface area contributed by atoms with Crippen LogP contribution in [0.25, 0.3) is 0 Å². The molecule has 0 aromatic heterocycles. The standard InChI is InChI=1S/C12H21N3O/c1-3-10-4-5-11(9(10)2)15-8-12(16)14-7-6-13/h9-11,15H,3-5,7-8H2,1-2H3,(H,14,16). The van der Waals surface area contributed by atoms with Gasteiger partial charge in [0.05, 0.1) is 12.6 Å². The van der Waals surface area contributed by atoms with Crippen molar-refractivity contribution in [2.45, 2.75) is 39.2 Å². The quantitative estimate of drug-likeness (QED) is 0.684. The molecule has 3 atom stereocenters. The predicted octanol–water partition coefficient (Wildman–Crippen LogP) is 1.04. The van der Waals surface area contributed by atoms with Crippen LogP contribution in [0.4, 0.5) is 0 Å². The summed E-state index contributed by atoms with van der Waals surface area (Å²) in [5.41, 5.74) is 0. The fourth-order valence-corrected chi connectivity index (χ4v) is 2.54. The lowest BCUT2D eigenvalue weighted by molar-refractivity contribution is -0.120. The molecule has 0 aromatic carbocycles. The van der Waals surface area contributed by atoms with Crippen molar-refractivity contribution in [1.29, 1.82) is 5.26 Å². The van der Waals surface area contributed by atoms with E-state index in [0.29, 0.717) is 18.5 Å². The van der Waals surface area contributed by atoms with E-state index in [1.54, 1.807) is 0 Å². The lowest BCUT2D eigenvalue weighted by Gasteiger charge is -2.20. The van der Waals surface area contributed by atoms with Crippen molar-refractivity contribution in [1.82, 2.24) is 10.6 Å². The van der Waals surface area contributed by atoms with Gasteiger partial charge in [0.25, 0.3) is 0 Å². The molecule has 2 N–H and O–H groups in total. The van der Waals surface area contributed by atoms with Crippen LogP contribution in [0.5, 0.6) is 0 Å². The van der Waals surface area contributed by atoms with Gasteiger partial charge in [-0.2, -0.15) is 5.26 Å². The highest BCUT2D eigenvalue weighted by Gasteiger charge is 2.31. The van der Waals surface area contributed by atoms with Crippen LogP contribution in [-0.2, 0) is 4.79 Å². The summed E-state index contributed by atoms with van der Waals surface area (Å²) in [6, 6.07) is 2.35. The molecular formula is C12H21N3O. The molecule has 1 fully saturated rings. The summed E-state index contributed by atoms with van der Waals surface area (Å²) in [6.07, 6.45) is 3.64. The Bertz CT molecular complexity index is 272. The van der Waals surface area contributed by atoms with Gasteiger partial charge in [-0.05, 0) is 24.7 Å². The summed E-state index contributed by atoms with van der Waals surface area (Å²) in [5.74, 6) is 1.35. The second-order valence-electron chi connectivity index (χ2n) is 4.53. The number of amides is 1. The summed E-state index contributed by atoms with van der Waals surface area (Å²) in [5, 5.41) is 14.1. The van der Waals surface area contributed by atoms with Gasteiger partial charge in [0.15, 0.2) is 0 Å². The molecule has 16 heavy (non-hydrogen) atoms. The molecule has 0 saturated heterocycles. The Hall–Kier alpha value is -1.08. The number of nitrogens with one attached hydrogen (secondary N) is 2. The Morgan fingerprint density at radius 1 is 1.50 bits per heavy atom. The van der Waals surface area contributed by atoms with Crippen molar-refractivity contribution in [2.75, 3.05) is 13.1 Å². The number of nitriles is 1. The van der Waals surface area contributed by atoms with E-state index in [1.807, 2.05) is 6.07 Å². The van der Waals surface area contributed by atoms with E-state index in [1.165, 1.54) is 12.8 Å². The molecular weight excluding hydrogens is 202 g/mol. The van der Waals surface area contributed by atoms with E-state index < -0.39 is 0 Å². The van der Waals surface area contributed by atoms with Crippen molar-refractivity contribution in [3.05, 3.63) is 0 Å². The maximum atomic E-state index is 11.3. The Morgan fingerprint density at radius 2 is 2.25 bits per heavy atom. The van der Waals surface area contributed by atoms with E-state index in [0.717, 1.165) is 12.3 Å². The molecule has 4 heteroatoms. The molecule has 3 unspecified atom stereocenters. The van der Waals surface area contributed by atoms with Gasteiger partial charge >= 0.3 is 0 Å². The van der Waals surface area contributed by atoms with Crippen molar-refractivity contribution in [3.63, 3.8) is 0 Å².